The maximum atomic E-state index is 12.2. The van der Waals surface area contributed by atoms with E-state index in [4.69, 9.17) is 9.47 Å². The first-order valence-electron chi connectivity index (χ1n) is 7.06. The molecule has 2 aromatic rings. The molecule has 0 aromatic heterocycles. The van der Waals surface area contributed by atoms with Gasteiger partial charge in [0.05, 0.1) is 14.2 Å². The van der Waals surface area contributed by atoms with E-state index in [2.05, 4.69) is 5.32 Å². The molecule has 122 valence electrons. The molecule has 6 nitrogen and oxygen atoms in total. The molecule has 0 fully saturated rings. The summed E-state index contributed by atoms with van der Waals surface area (Å²) >= 11 is 0. The van der Waals surface area contributed by atoms with Crippen molar-refractivity contribution in [1.29, 1.82) is 0 Å². The van der Waals surface area contributed by atoms with Gasteiger partial charge in [-0.25, -0.2) is 4.79 Å². The molecular weight excluding hydrogens is 296 g/mol. The van der Waals surface area contributed by atoms with E-state index >= 15 is 0 Å². The standard InChI is InChI=1S/C17H20N2O4/c1-19(13-5-7-14(20)8-6-13)17(21)18-11-12-4-9-15(22-2)16(10-12)23-3/h4-10,20H,11H2,1-3H3,(H,18,21). The van der Waals surface area contributed by atoms with Crippen LogP contribution in [0.15, 0.2) is 42.5 Å². The minimum absolute atomic E-state index is 0.160. The van der Waals surface area contributed by atoms with Gasteiger partial charge in [0.1, 0.15) is 5.75 Å². The van der Waals surface area contributed by atoms with Crippen molar-refractivity contribution >= 4 is 11.7 Å². The highest BCUT2D eigenvalue weighted by Gasteiger charge is 2.11. The van der Waals surface area contributed by atoms with E-state index in [9.17, 15) is 9.90 Å². The van der Waals surface area contributed by atoms with E-state index in [-0.39, 0.29) is 11.8 Å². The molecule has 2 amide bonds. The van der Waals surface area contributed by atoms with Crippen LogP contribution in [-0.2, 0) is 6.54 Å². The number of hydrogen-bond acceptors (Lipinski definition) is 4. The Morgan fingerprint density at radius 2 is 1.74 bits per heavy atom. The number of hydrogen-bond donors (Lipinski definition) is 2. The molecule has 0 aliphatic rings. The highest BCUT2D eigenvalue weighted by atomic mass is 16.5. The first kappa shape index (κ1) is 16.5. The summed E-state index contributed by atoms with van der Waals surface area (Å²) < 4.78 is 10.4. The van der Waals surface area contributed by atoms with E-state index in [1.165, 1.54) is 17.0 Å². The van der Waals surface area contributed by atoms with E-state index in [0.717, 1.165) is 5.56 Å². The van der Waals surface area contributed by atoms with Crippen molar-refractivity contribution in [3.05, 3.63) is 48.0 Å². The molecule has 0 spiro atoms. The van der Waals surface area contributed by atoms with E-state index < -0.39 is 0 Å². The fourth-order valence-corrected chi connectivity index (χ4v) is 2.08. The SMILES string of the molecule is COc1ccc(CNC(=O)N(C)c2ccc(O)cc2)cc1OC. The van der Waals surface area contributed by atoms with Crippen molar-refractivity contribution in [1.82, 2.24) is 5.32 Å². The molecule has 0 saturated heterocycles. The zero-order valence-corrected chi connectivity index (χ0v) is 13.4. The molecule has 6 heteroatoms. The molecule has 0 saturated carbocycles. The number of nitrogens with zero attached hydrogens (tertiary/aromatic N) is 1. The molecule has 2 N–H and O–H groups in total. The fourth-order valence-electron chi connectivity index (χ4n) is 2.08. The summed E-state index contributed by atoms with van der Waals surface area (Å²) in [5, 5.41) is 12.1. The number of methoxy groups -OCH3 is 2. The zero-order valence-electron chi connectivity index (χ0n) is 13.4. The van der Waals surface area contributed by atoms with Crippen molar-refractivity contribution in [3.63, 3.8) is 0 Å². The summed E-state index contributed by atoms with van der Waals surface area (Å²) in [5.41, 5.74) is 1.59. The van der Waals surface area contributed by atoms with Gasteiger partial charge in [0, 0.05) is 19.3 Å². The number of carbonyl (C=O) groups excluding carboxylic acids is 1. The number of rotatable bonds is 5. The van der Waals surface area contributed by atoms with Crippen LogP contribution < -0.4 is 19.7 Å². The van der Waals surface area contributed by atoms with Crippen molar-refractivity contribution in [2.45, 2.75) is 6.54 Å². The van der Waals surface area contributed by atoms with Crippen molar-refractivity contribution in [2.24, 2.45) is 0 Å². The lowest BCUT2D eigenvalue weighted by Gasteiger charge is -2.18. The molecule has 0 unspecified atom stereocenters. The fraction of sp³-hybridized carbons (Fsp3) is 0.235. The normalized spacial score (nSPS) is 10.0. The van der Waals surface area contributed by atoms with Crippen LogP contribution in [0.1, 0.15) is 5.56 Å². The Bertz CT molecular complexity index is 671. The number of ether oxygens (including phenoxy) is 2. The Hall–Kier alpha value is -2.89. The Balaban J connectivity index is 1.99. The third-order valence-corrected chi connectivity index (χ3v) is 3.43. The van der Waals surface area contributed by atoms with Crippen LogP contribution in [0.3, 0.4) is 0 Å². The van der Waals surface area contributed by atoms with Gasteiger partial charge in [-0.1, -0.05) is 6.07 Å². The van der Waals surface area contributed by atoms with Gasteiger partial charge >= 0.3 is 6.03 Å². The summed E-state index contributed by atoms with van der Waals surface area (Å²) in [7, 11) is 4.81. The predicted octanol–water partition coefficient (Wildman–Crippen LogP) is 2.76. The highest BCUT2D eigenvalue weighted by Crippen LogP contribution is 2.27. The van der Waals surface area contributed by atoms with E-state index in [0.29, 0.717) is 23.7 Å². The van der Waals surface area contributed by atoms with Gasteiger partial charge in [0.15, 0.2) is 11.5 Å². The number of urea groups is 1. The Labute approximate surface area is 135 Å². The summed E-state index contributed by atoms with van der Waals surface area (Å²) in [6.45, 7) is 0.363. The number of aromatic hydroxyl groups is 1. The summed E-state index contributed by atoms with van der Waals surface area (Å²) in [6.07, 6.45) is 0. The predicted molar refractivity (Wildman–Crippen MR) is 88.3 cm³/mol. The van der Waals surface area contributed by atoms with Gasteiger partial charge in [-0.3, -0.25) is 4.90 Å². The molecular formula is C17H20N2O4. The topological polar surface area (TPSA) is 71.0 Å². The smallest absolute Gasteiger partial charge is 0.321 e. The average molecular weight is 316 g/mol. The minimum Gasteiger partial charge on any atom is -0.508 e. The number of benzene rings is 2. The molecule has 0 atom stereocenters. The van der Waals surface area contributed by atoms with Crippen LogP contribution in [-0.4, -0.2) is 32.4 Å². The maximum Gasteiger partial charge on any atom is 0.321 e. The van der Waals surface area contributed by atoms with Crippen LogP contribution in [0.2, 0.25) is 0 Å². The second-order valence-corrected chi connectivity index (χ2v) is 4.92. The summed E-state index contributed by atoms with van der Waals surface area (Å²) in [4.78, 5) is 13.6. The van der Waals surface area contributed by atoms with Crippen molar-refractivity contribution in [2.75, 3.05) is 26.2 Å². The third kappa shape index (κ3) is 4.06. The van der Waals surface area contributed by atoms with Gasteiger partial charge in [-0.05, 0) is 42.0 Å². The first-order chi connectivity index (χ1) is 11.0. The molecule has 2 aromatic carbocycles. The first-order valence-corrected chi connectivity index (χ1v) is 7.06. The quantitative estimate of drug-likeness (QED) is 0.890. The third-order valence-electron chi connectivity index (χ3n) is 3.43. The number of amides is 2. The maximum absolute atomic E-state index is 12.2. The van der Waals surface area contributed by atoms with E-state index in [1.807, 2.05) is 12.1 Å². The Morgan fingerprint density at radius 3 is 2.35 bits per heavy atom. The van der Waals surface area contributed by atoms with Crippen LogP contribution in [0.5, 0.6) is 17.2 Å². The second kappa shape index (κ2) is 7.40. The Kier molecular flexibility index (Phi) is 5.30. The van der Waals surface area contributed by atoms with Gasteiger partial charge in [-0.15, -0.1) is 0 Å². The van der Waals surface area contributed by atoms with Gasteiger partial charge in [-0.2, -0.15) is 0 Å². The average Bonchev–Trinajstić information content (AvgIpc) is 2.59. The number of nitrogens with one attached hydrogen (secondary N) is 1. The molecule has 0 aliphatic carbocycles. The van der Waals surface area contributed by atoms with E-state index in [1.54, 1.807) is 39.5 Å². The van der Waals surface area contributed by atoms with Crippen LogP contribution in [0.25, 0.3) is 0 Å². The minimum atomic E-state index is -0.245. The summed E-state index contributed by atoms with van der Waals surface area (Å²) in [5.74, 6) is 1.42. The lowest BCUT2D eigenvalue weighted by atomic mass is 10.2. The van der Waals surface area contributed by atoms with Gasteiger partial charge < -0.3 is 19.9 Å². The highest BCUT2D eigenvalue weighted by molar-refractivity contribution is 5.91. The monoisotopic (exact) mass is 316 g/mol. The zero-order chi connectivity index (χ0) is 16.8. The number of phenols is 1. The second-order valence-electron chi connectivity index (χ2n) is 4.92. The van der Waals surface area contributed by atoms with Crippen molar-refractivity contribution < 1.29 is 19.4 Å². The summed E-state index contributed by atoms with van der Waals surface area (Å²) in [6, 6.07) is 11.6. The van der Waals surface area contributed by atoms with Crippen LogP contribution in [0, 0.1) is 0 Å². The number of phenolic OH excluding ortho intramolecular Hbond substituents is 1. The number of anilines is 1. The molecule has 0 bridgehead atoms. The van der Waals surface area contributed by atoms with Crippen LogP contribution >= 0.6 is 0 Å². The van der Waals surface area contributed by atoms with Crippen molar-refractivity contribution in [3.8, 4) is 17.2 Å². The van der Waals surface area contributed by atoms with Crippen LogP contribution in [0.4, 0.5) is 10.5 Å². The molecule has 2 rings (SSSR count). The largest absolute Gasteiger partial charge is 0.508 e. The number of carbonyl (C=O) groups is 1. The van der Waals surface area contributed by atoms with Gasteiger partial charge in [0.2, 0.25) is 0 Å². The molecule has 0 radical (unpaired) electrons. The lowest BCUT2D eigenvalue weighted by Crippen LogP contribution is -2.36. The molecule has 23 heavy (non-hydrogen) atoms. The molecule has 0 heterocycles. The lowest BCUT2D eigenvalue weighted by molar-refractivity contribution is 0.247. The van der Waals surface area contributed by atoms with Gasteiger partial charge in [0.25, 0.3) is 0 Å². The molecule has 0 aliphatic heterocycles. The Morgan fingerprint density at radius 1 is 1.09 bits per heavy atom.